The number of methoxy groups -OCH3 is 1. The smallest absolute Gasteiger partial charge is 0.305 e. The van der Waals surface area contributed by atoms with Gasteiger partial charge in [0.1, 0.15) is 5.75 Å². The summed E-state index contributed by atoms with van der Waals surface area (Å²) in [4.78, 5) is 24.2. The maximum atomic E-state index is 12.1. The van der Waals surface area contributed by atoms with Gasteiger partial charge in [0.05, 0.1) is 13.5 Å². The second-order valence-electron chi connectivity index (χ2n) is 5.13. The molecule has 0 radical (unpaired) electrons. The Bertz CT molecular complexity index is 497. The standard InChI is InChI=1S/C15H19NO4/c1-16(8-7-14(17)18)15(19)13-9-12(13)10-3-5-11(20-2)6-4-10/h3-6,12-13H,7-9H2,1-2H3,(H,17,18). The van der Waals surface area contributed by atoms with Crippen LogP contribution in [-0.4, -0.2) is 42.6 Å². The van der Waals surface area contributed by atoms with Crippen molar-refractivity contribution in [2.24, 2.45) is 5.92 Å². The van der Waals surface area contributed by atoms with Crippen LogP contribution in [0.4, 0.5) is 0 Å². The van der Waals surface area contributed by atoms with Crippen LogP contribution in [0.25, 0.3) is 0 Å². The summed E-state index contributed by atoms with van der Waals surface area (Å²) in [6.45, 7) is 0.264. The molecule has 0 aromatic heterocycles. The molecular formula is C15H19NO4. The highest BCUT2D eigenvalue weighted by Crippen LogP contribution is 2.48. The summed E-state index contributed by atoms with van der Waals surface area (Å²) < 4.78 is 5.11. The molecule has 5 nitrogen and oxygen atoms in total. The Morgan fingerprint density at radius 1 is 1.35 bits per heavy atom. The molecule has 0 heterocycles. The molecule has 2 unspecified atom stereocenters. The monoisotopic (exact) mass is 277 g/mol. The number of carboxylic acid groups (broad SMARTS) is 1. The lowest BCUT2D eigenvalue weighted by Crippen LogP contribution is -2.30. The van der Waals surface area contributed by atoms with Crippen molar-refractivity contribution < 1.29 is 19.4 Å². The van der Waals surface area contributed by atoms with Gasteiger partial charge < -0.3 is 14.7 Å². The van der Waals surface area contributed by atoms with E-state index >= 15 is 0 Å². The van der Waals surface area contributed by atoms with Crippen LogP contribution in [0.3, 0.4) is 0 Å². The van der Waals surface area contributed by atoms with Gasteiger partial charge in [-0.3, -0.25) is 9.59 Å². The van der Waals surface area contributed by atoms with Crippen LogP contribution >= 0.6 is 0 Å². The third-order valence-electron chi connectivity index (χ3n) is 3.69. The van der Waals surface area contributed by atoms with E-state index in [0.717, 1.165) is 17.7 Å². The second kappa shape index (κ2) is 5.94. The van der Waals surface area contributed by atoms with Gasteiger partial charge in [0.25, 0.3) is 0 Å². The van der Waals surface area contributed by atoms with Crippen LogP contribution in [0.2, 0.25) is 0 Å². The van der Waals surface area contributed by atoms with Gasteiger partial charge in [-0.2, -0.15) is 0 Å². The average Bonchev–Trinajstić information content (AvgIpc) is 3.24. The summed E-state index contributed by atoms with van der Waals surface area (Å²) in [6.07, 6.45) is 0.824. The maximum Gasteiger partial charge on any atom is 0.305 e. The zero-order valence-corrected chi connectivity index (χ0v) is 11.7. The van der Waals surface area contributed by atoms with Gasteiger partial charge >= 0.3 is 5.97 Å². The molecular weight excluding hydrogens is 258 g/mol. The number of carboxylic acids is 1. The summed E-state index contributed by atoms with van der Waals surface area (Å²) >= 11 is 0. The van der Waals surface area contributed by atoms with Gasteiger partial charge in [-0.15, -0.1) is 0 Å². The molecule has 2 rings (SSSR count). The van der Waals surface area contributed by atoms with Crippen molar-refractivity contribution in [1.29, 1.82) is 0 Å². The number of amides is 1. The molecule has 1 fully saturated rings. The van der Waals surface area contributed by atoms with Crippen molar-refractivity contribution in [2.75, 3.05) is 20.7 Å². The predicted octanol–water partition coefficient (Wildman–Crippen LogP) is 1.73. The molecule has 0 spiro atoms. The van der Waals surface area contributed by atoms with Crippen LogP contribution < -0.4 is 4.74 Å². The summed E-state index contributed by atoms with van der Waals surface area (Å²) in [5.74, 6) is 0.193. The summed E-state index contributed by atoms with van der Waals surface area (Å²) in [5, 5.41) is 8.63. The van der Waals surface area contributed by atoms with E-state index in [-0.39, 0.29) is 30.7 Å². The number of nitrogens with zero attached hydrogens (tertiary/aromatic N) is 1. The van der Waals surface area contributed by atoms with Gasteiger partial charge in [-0.05, 0) is 30.0 Å². The van der Waals surface area contributed by atoms with E-state index in [1.165, 1.54) is 4.90 Å². The number of aliphatic carboxylic acids is 1. The van der Waals surface area contributed by atoms with Gasteiger partial charge in [-0.1, -0.05) is 12.1 Å². The minimum absolute atomic E-state index is 0.0117. The highest BCUT2D eigenvalue weighted by atomic mass is 16.5. The van der Waals surface area contributed by atoms with E-state index in [1.54, 1.807) is 14.2 Å². The molecule has 1 aliphatic carbocycles. The topological polar surface area (TPSA) is 66.8 Å². The Morgan fingerprint density at radius 3 is 2.55 bits per heavy atom. The lowest BCUT2D eigenvalue weighted by molar-refractivity contribution is -0.138. The van der Waals surface area contributed by atoms with Gasteiger partial charge in [0.2, 0.25) is 5.91 Å². The van der Waals surface area contributed by atoms with Crippen molar-refractivity contribution in [3.8, 4) is 5.75 Å². The van der Waals surface area contributed by atoms with E-state index in [4.69, 9.17) is 9.84 Å². The average molecular weight is 277 g/mol. The summed E-state index contributed by atoms with van der Waals surface area (Å²) in [6, 6.07) is 7.74. The van der Waals surface area contributed by atoms with E-state index < -0.39 is 5.97 Å². The van der Waals surface area contributed by atoms with Crippen LogP contribution in [0.15, 0.2) is 24.3 Å². The number of hydrogen-bond donors (Lipinski definition) is 1. The highest BCUT2D eigenvalue weighted by Gasteiger charge is 2.45. The van der Waals surface area contributed by atoms with Gasteiger partial charge in [-0.25, -0.2) is 0 Å². The van der Waals surface area contributed by atoms with Crippen molar-refractivity contribution in [3.63, 3.8) is 0 Å². The fourth-order valence-corrected chi connectivity index (χ4v) is 2.34. The molecule has 1 aromatic carbocycles. The number of hydrogen-bond acceptors (Lipinski definition) is 3. The molecule has 1 aliphatic rings. The molecule has 1 saturated carbocycles. The van der Waals surface area contributed by atoms with E-state index in [2.05, 4.69) is 0 Å². The lowest BCUT2D eigenvalue weighted by atomic mass is 10.1. The molecule has 1 aromatic rings. The van der Waals surface area contributed by atoms with Crippen LogP contribution in [-0.2, 0) is 9.59 Å². The van der Waals surface area contributed by atoms with Crippen LogP contribution in [0.5, 0.6) is 5.75 Å². The third kappa shape index (κ3) is 3.29. The van der Waals surface area contributed by atoms with Gasteiger partial charge in [0, 0.05) is 19.5 Å². The first-order valence-electron chi connectivity index (χ1n) is 6.63. The molecule has 1 amide bonds. The number of carbonyl (C=O) groups is 2. The van der Waals surface area contributed by atoms with Crippen LogP contribution in [0.1, 0.15) is 24.3 Å². The zero-order chi connectivity index (χ0) is 14.7. The summed E-state index contributed by atoms with van der Waals surface area (Å²) in [5.41, 5.74) is 1.13. The SMILES string of the molecule is COc1ccc(C2CC2C(=O)N(C)CCC(=O)O)cc1. The van der Waals surface area contributed by atoms with Crippen LogP contribution in [0, 0.1) is 5.92 Å². The Labute approximate surface area is 118 Å². The number of carbonyl (C=O) groups excluding carboxylic acids is 1. The first kappa shape index (κ1) is 14.4. The zero-order valence-electron chi connectivity index (χ0n) is 11.7. The number of ether oxygens (including phenoxy) is 1. The molecule has 5 heteroatoms. The Balaban J connectivity index is 1.89. The fourth-order valence-electron chi connectivity index (χ4n) is 2.34. The molecule has 108 valence electrons. The minimum Gasteiger partial charge on any atom is -0.497 e. The number of benzene rings is 1. The first-order chi connectivity index (χ1) is 9.52. The van der Waals surface area contributed by atoms with E-state index in [1.807, 2.05) is 24.3 Å². The maximum absolute atomic E-state index is 12.1. The summed E-state index contributed by atoms with van der Waals surface area (Å²) in [7, 11) is 3.28. The van der Waals surface area contributed by atoms with Crippen molar-refractivity contribution in [1.82, 2.24) is 4.90 Å². The first-order valence-corrected chi connectivity index (χ1v) is 6.63. The third-order valence-corrected chi connectivity index (χ3v) is 3.69. The quantitative estimate of drug-likeness (QED) is 0.860. The number of rotatable bonds is 6. The van der Waals surface area contributed by atoms with Crippen molar-refractivity contribution in [3.05, 3.63) is 29.8 Å². The largest absolute Gasteiger partial charge is 0.497 e. The molecule has 1 N–H and O–H groups in total. The van der Waals surface area contributed by atoms with E-state index in [0.29, 0.717) is 0 Å². The van der Waals surface area contributed by atoms with Crippen molar-refractivity contribution >= 4 is 11.9 Å². The molecule has 2 atom stereocenters. The molecule has 0 aliphatic heterocycles. The Kier molecular flexibility index (Phi) is 4.27. The molecule has 0 bridgehead atoms. The van der Waals surface area contributed by atoms with E-state index in [9.17, 15) is 9.59 Å². The highest BCUT2D eigenvalue weighted by molar-refractivity contribution is 5.83. The fraction of sp³-hybridized carbons (Fsp3) is 0.467. The van der Waals surface area contributed by atoms with Crippen molar-refractivity contribution in [2.45, 2.75) is 18.8 Å². The normalized spacial score (nSPS) is 20.3. The second-order valence-corrected chi connectivity index (χ2v) is 5.13. The lowest BCUT2D eigenvalue weighted by Gasteiger charge is -2.16. The Morgan fingerprint density at radius 2 is 2.00 bits per heavy atom. The minimum atomic E-state index is -0.882. The predicted molar refractivity (Wildman–Crippen MR) is 73.7 cm³/mol. The molecule has 0 saturated heterocycles. The Hall–Kier alpha value is -2.04. The van der Waals surface area contributed by atoms with Gasteiger partial charge in [0.15, 0.2) is 0 Å². The molecule has 20 heavy (non-hydrogen) atoms.